The summed E-state index contributed by atoms with van der Waals surface area (Å²) in [4.78, 5) is 13.2. The smallest absolute Gasteiger partial charge is 0.159 e. The molecular formula is C27H44O6. The summed E-state index contributed by atoms with van der Waals surface area (Å²) < 4.78 is 0. The number of hydrogen-bond donors (Lipinski definition) is 5. The number of rotatable bonds is 5. The summed E-state index contributed by atoms with van der Waals surface area (Å²) in [5.41, 5.74) is -3.15. The van der Waals surface area contributed by atoms with Crippen LogP contribution >= 0.6 is 0 Å². The van der Waals surface area contributed by atoms with E-state index in [-0.39, 0.29) is 30.0 Å². The number of aliphatic hydroxyl groups excluding tert-OH is 2. The fraction of sp³-hybridized carbons (Fsp3) is 0.889. The summed E-state index contributed by atoms with van der Waals surface area (Å²) in [5, 5.41) is 54.5. The molecular weight excluding hydrogens is 420 g/mol. The molecule has 6 heteroatoms. The third kappa shape index (κ3) is 3.85. The molecule has 3 saturated carbocycles. The lowest BCUT2D eigenvalue weighted by Gasteiger charge is -2.60. The minimum atomic E-state index is -1.16. The van der Waals surface area contributed by atoms with Gasteiger partial charge in [-0.3, -0.25) is 4.79 Å². The molecule has 0 radical (unpaired) electrons. The topological polar surface area (TPSA) is 118 Å². The summed E-state index contributed by atoms with van der Waals surface area (Å²) in [6, 6.07) is 0. The lowest BCUT2D eigenvalue weighted by Crippen LogP contribution is -2.61. The van der Waals surface area contributed by atoms with Crippen LogP contribution in [0.1, 0.15) is 92.4 Å². The van der Waals surface area contributed by atoms with Gasteiger partial charge in [-0.05, 0) is 107 Å². The van der Waals surface area contributed by atoms with Crippen LogP contribution < -0.4 is 0 Å². The first-order valence-electron chi connectivity index (χ1n) is 12.8. The lowest BCUT2D eigenvalue weighted by molar-refractivity contribution is -0.160. The summed E-state index contributed by atoms with van der Waals surface area (Å²) in [5.74, 6) is -0.509. The molecule has 4 rings (SSSR count). The molecule has 188 valence electrons. The van der Waals surface area contributed by atoms with Crippen molar-refractivity contribution in [2.24, 2.45) is 28.6 Å². The average molecular weight is 465 g/mol. The number of carbonyl (C=O) groups is 1. The molecule has 0 aliphatic heterocycles. The summed E-state index contributed by atoms with van der Waals surface area (Å²) in [7, 11) is 0. The Bertz CT molecular complexity index is 827. The van der Waals surface area contributed by atoms with Crippen molar-refractivity contribution in [2.45, 2.75) is 121 Å². The van der Waals surface area contributed by atoms with Crippen molar-refractivity contribution in [1.29, 1.82) is 0 Å². The molecule has 33 heavy (non-hydrogen) atoms. The molecule has 0 aromatic carbocycles. The standard InChI is InChI=1S/C27H44O6/c1-23(2,31)9-6-10-26(5,32)22-8-12-27(33)17-13-19(28)18-14-20(29)21(30)15-24(18,3)16(17)7-11-25(22,27)4/h13,16,18,20-22,29-33H,6-12,14-15H2,1-5H3/t16?,18-,20+,21-,22?,24+,25+,26-,27+/m0/s1. The minimum absolute atomic E-state index is 0.0145. The van der Waals surface area contributed by atoms with Gasteiger partial charge in [0.05, 0.1) is 29.0 Å². The van der Waals surface area contributed by atoms with Crippen LogP contribution in [0.3, 0.4) is 0 Å². The van der Waals surface area contributed by atoms with E-state index in [1.165, 1.54) is 0 Å². The first kappa shape index (κ1) is 25.3. The summed E-state index contributed by atoms with van der Waals surface area (Å²) >= 11 is 0. The highest BCUT2D eigenvalue weighted by Gasteiger charge is 2.68. The maximum atomic E-state index is 13.2. The van der Waals surface area contributed by atoms with E-state index in [1.54, 1.807) is 19.9 Å². The Labute approximate surface area is 198 Å². The molecule has 0 spiro atoms. The quantitative estimate of drug-likeness (QED) is 0.427. The highest BCUT2D eigenvalue weighted by molar-refractivity contribution is 5.95. The lowest BCUT2D eigenvalue weighted by atomic mass is 9.45. The van der Waals surface area contributed by atoms with Gasteiger partial charge in [0.15, 0.2) is 5.78 Å². The predicted octanol–water partition coefficient (Wildman–Crippen LogP) is 2.88. The van der Waals surface area contributed by atoms with E-state index in [9.17, 15) is 30.3 Å². The van der Waals surface area contributed by atoms with E-state index in [2.05, 4.69) is 6.92 Å². The van der Waals surface area contributed by atoms with Gasteiger partial charge in [-0.25, -0.2) is 0 Å². The molecule has 0 aromatic heterocycles. The van der Waals surface area contributed by atoms with E-state index in [1.807, 2.05) is 13.8 Å². The van der Waals surface area contributed by atoms with Gasteiger partial charge in [0, 0.05) is 11.3 Å². The van der Waals surface area contributed by atoms with Crippen molar-refractivity contribution in [1.82, 2.24) is 0 Å². The highest BCUT2D eigenvalue weighted by atomic mass is 16.3. The van der Waals surface area contributed by atoms with Gasteiger partial charge < -0.3 is 25.5 Å². The van der Waals surface area contributed by atoms with Crippen LogP contribution in [0.15, 0.2) is 11.6 Å². The van der Waals surface area contributed by atoms with E-state index < -0.39 is 39.8 Å². The summed E-state index contributed by atoms with van der Waals surface area (Å²) in [6.45, 7) is 9.54. The number of ketones is 1. The maximum absolute atomic E-state index is 13.2. The van der Waals surface area contributed by atoms with Gasteiger partial charge in [-0.2, -0.15) is 0 Å². The first-order valence-corrected chi connectivity index (χ1v) is 12.8. The molecule has 0 saturated heterocycles. The molecule has 9 atom stereocenters. The van der Waals surface area contributed by atoms with Crippen LogP contribution in [0.2, 0.25) is 0 Å². The zero-order valence-corrected chi connectivity index (χ0v) is 21.0. The Hall–Kier alpha value is -0.790. The Morgan fingerprint density at radius 3 is 2.30 bits per heavy atom. The Morgan fingerprint density at radius 2 is 1.67 bits per heavy atom. The molecule has 2 unspecified atom stereocenters. The van der Waals surface area contributed by atoms with Crippen LogP contribution in [0.5, 0.6) is 0 Å². The van der Waals surface area contributed by atoms with Crippen molar-refractivity contribution < 1.29 is 30.3 Å². The van der Waals surface area contributed by atoms with E-state index in [4.69, 9.17) is 0 Å². The van der Waals surface area contributed by atoms with Crippen molar-refractivity contribution in [3.05, 3.63) is 11.6 Å². The van der Waals surface area contributed by atoms with Crippen LogP contribution in [-0.2, 0) is 4.79 Å². The zero-order valence-electron chi connectivity index (χ0n) is 21.0. The third-order valence-electron chi connectivity index (χ3n) is 10.3. The molecule has 3 fully saturated rings. The van der Waals surface area contributed by atoms with Crippen molar-refractivity contribution >= 4 is 5.78 Å². The van der Waals surface area contributed by atoms with Gasteiger partial charge in [0.2, 0.25) is 0 Å². The first-order chi connectivity index (χ1) is 15.1. The zero-order chi connectivity index (χ0) is 24.6. The number of hydrogen-bond acceptors (Lipinski definition) is 6. The molecule has 0 aromatic rings. The number of carbonyl (C=O) groups excluding carboxylic acids is 1. The van der Waals surface area contributed by atoms with Crippen LogP contribution in [0.4, 0.5) is 0 Å². The van der Waals surface area contributed by atoms with Crippen molar-refractivity contribution in [3.63, 3.8) is 0 Å². The van der Waals surface area contributed by atoms with Gasteiger partial charge >= 0.3 is 0 Å². The molecule has 4 aliphatic carbocycles. The van der Waals surface area contributed by atoms with Crippen LogP contribution in [0.25, 0.3) is 0 Å². The maximum Gasteiger partial charge on any atom is 0.159 e. The number of allylic oxidation sites excluding steroid dienone is 1. The SMILES string of the molecule is CC(C)(O)CCC[C@](C)(O)C1CC[C@@]2(O)C3=CC(=O)[C@@H]4C[C@@H](O)[C@@H](O)C[C@]4(C)C3CC[C@]12C. The molecule has 6 nitrogen and oxygen atoms in total. The average Bonchev–Trinajstić information content (AvgIpc) is 2.95. The number of aliphatic hydroxyl groups is 5. The molecule has 4 aliphatic rings. The van der Waals surface area contributed by atoms with Gasteiger partial charge in [-0.15, -0.1) is 0 Å². The second-order valence-electron chi connectivity index (χ2n) is 13.1. The number of fused-ring (bicyclic) bond motifs is 5. The van der Waals surface area contributed by atoms with Crippen molar-refractivity contribution in [3.8, 4) is 0 Å². The Kier molecular flexibility index (Phi) is 6.03. The van der Waals surface area contributed by atoms with Gasteiger partial charge in [0.1, 0.15) is 0 Å². The van der Waals surface area contributed by atoms with E-state index >= 15 is 0 Å². The normalized spacial score (nSPS) is 47.3. The fourth-order valence-corrected chi connectivity index (χ4v) is 8.42. The molecule has 0 amide bonds. The second kappa shape index (κ2) is 7.86. The van der Waals surface area contributed by atoms with Crippen LogP contribution in [0, 0.1) is 28.6 Å². The van der Waals surface area contributed by atoms with E-state index in [0.29, 0.717) is 38.5 Å². The monoisotopic (exact) mass is 464 g/mol. The third-order valence-corrected chi connectivity index (χ3v) is 10.3. The summed E-state index contributed by atoms with van der Waals surface area (Å²) in [6.07, 6.45) is 5.14. The molecule has 0 heterocycles. The highest BCUT2D eigenvalue weighted by Crippen LogP contribution is 2.68. The van der Waals surface area contributed by atoms with Crippen LogP contribution in [-0.4, -0.2) is 60.3 Å². The molecule has 5 N–H and O–H groups in total. The van der Waals surface area contributed by atoms with Gasteiger partial charge in [0.25, 0.3) is 0 Å². The Morgan fingerprint density at radius 1 is 1.00 bits per heavy atom. The second-order valence-corrected chi connectivity index (χ2v) is 13.1. The predicted molar refractivity (Wildman–Crippen MR) is 125 cm³/mol. The largest absolute Gasteiger partial charge is 0.390 e. The fourth-order valence-electron chi connectivity index (χ4n) is 8.42. The Balaban J connectivity index is 1.64. The van der Waals surface area contributed by atoms with Crippen molar-refractivity contribution in [2.75, 3.05) is 0 Å². The van der Waals surface area contributed by atoms with E-state index in [0.717, 1.165) is 18.4 Å². The molecule has 0 bridgehead atoms. The minimum Gasteiger partial charge on any atom is -0.390 e. The van der Waals surface area contributed by atoms with Gasteiger partial charge in [-0.1, -0.05) is 13.8 Å².